The fraction of sp³-hybridized carbons (Fsp3) is 0.533. The molecule has 0 radical (unpaired) electrons. The SMILES string of the molecule is CN1C2CCC1CN(c1cc(N)ccc1C(=O)O)CC2. The minimum Gasteiger partial charge on any atom is -0.478 e. The zero-order chi connectivity index (χ0) is 14.3. The van der Waals surface area contributed by atoms with Gasteiger partial charge in [-0.1, -0.05) is 0 Å². The Balaban J connectivity index is 1.93. The van der Waals surface area contributed by atoms with Crippen LogP contribution in [0.1, 0.15) is 29.6 Å². The van der Waals surface area contributed by atoms with Crippen molar-refractivity contribution in [2.24, 2.45) is 0 Å². The van der Waals surface area contributed by atoms with Gasteiger partial charge in [0.1, 0.15) is 0 Å². The summed E-state index contributed by atoms with van der Waals surface area (Å²) in [6.07, 6.45) is 3.54. The first-order valence-electron chi connectivity index (χ1n) is 7.16. The van der Waals surface area contributed by atoms with Crippen molar-refractivity contribution >= 4 is 17.3 Å². The van der Waals surface area contributed by atoms with Gasteiger partial charge in [0, 0.05) is 30.9 Å². The van der Waals surface area contributed by atoms with E-state index < -0.39 is 5.97 Å². The highest BCUT2D eigenvalue weighted by molar-refractivity contribution is 5.95. The van der Waals surface area contributed by atoms with Crippen molar-refractivity contribution in [3.8, 4) is 0 Å². The number of hydrogen-bond acceptors (Lipinski definition) is 4. The molecule has 2 unspecified atom stereocenters. The third-order valence-corrected chi connectivity index (χ3v) is 4.74. The third kappa shape index (κ3) is 2.22. The number of aromatic carboxylic acids is 1. The molecule has 5 nitrogen and oxygen atoms in total. The van der Waals surface area contributed by atoms with Crippen LogP contribution < -0.4 is 10.6 Å². The lowest BCUT2D eigenvalue weighted by atomic mass is 10.1. The fourth-order valence-corrected chi connectivity index (χ4v) is 3.52. The molecule has 0 aromatic heterocycles. The largest absolute Gasteiger partial charge is 0.478 e. The van der Waals surface area contributed by atoms with Gasteiger partial charge in [-0.05, 0) is 44.5 Å². The second kappa shape index (κ2) is 4.98. The van der Waals surface area contributed by atoms with Crippen LogP contribution >= 0.6 is 0 Å². The van der Waals surface area contributed by atoms with Crippen molar-refractivity contribution in [1.29, 1.82) is 0 Å². The van der Waals surface area contributed by atoms with Gasteiger partial charge < -0.3 is 15.7 Å². The number of nitrogen functional groups attached to an aromatic ring is 1. The highest BCUT2D eigenvalue weighted by Gasteiger charge is 2.35. The van der Waals surface area contributed by atoms with Crippen LogP contribution in [0.15, 0.2) is 18.2 Å². The van der Waals surface area contributed by atoms with Crippen molar-refractivity contribution in [2.45, 2.75) is 31.3 Å². The molecule has 5 heteroatoms. The number of hydrogen-bond donors (Lipinski definition) is 2. The molecular formula is C15H21N3O2. The lowest BCUT2D eigenvalue weighted by Gasteiger charge is -2.28. The van der Waals surface area contributed by atoms with E-state index >= 15 is 0 Å². The summed E-state index contributed by atoms with van der Waals surface area (Å²) < 4.78 is 0. The van der Waals surface area contributed by atoms with Crippen LogP contribution in [0.5, 0.6) is 0 Å². The highest BCUT2D eigenvalue weighted by Crippen LogP contribution is 2.32. The minimum atomic E-state index is -0.886. The van der Waals surface area contributed by atoms with Crippen molar-refractivity contribution in [2.75, 3.05) is 30.8 Å². The summed E-state index contributed by atoms with van der Waals surface area (Å²) in [5, 5.41) is 9.36. The van der Waals surface area contributed by atoms with Crippen LogP contribution in [-0.2, 0) is 0 Å². The van der Waals surface area contributed by atoms with Crippen LogP contribution in [-0.4, -0.2) is 48.2 Å². The Hall–Kier alpha value is -1.75. The normalized spacial score (nSPS) is 26.6. The molecule has 2 atom stereocenters. The zero-order valence-corrected chi connectivity index (χ0v) is 11.7. The maximum absolute atomic E-state index is 11.4. The van der Waals surface area contributed by atoms with Crippen LogP contribution in [0, 0.1) is 0 Å². The number of nitrogens with two attached hydrogens (primary N) is 1. The minimum absolute atomic E-state index is 0.347. The van der Waals surface area contributed by atoms with Crippen LogP contribution in [0.25, 0.3) is 0 Å². The predicted molar refractivity (Wildman–Crippen MR) is 79.2 cm³/mol. The number of carboxylic acid groups (broad SMARTS) is 1. The van der Waals surface area contributed by atoms with Crippen molar-refractivity contribution < 1.29 is 9.90 Å². The number of nitrogens with zero attached hydrogens (tertiary/aromatic N) is 2. The quantitative estimate of drug-likeness (QED) is 0.803. The molecule has 3 N–H and O–H groups in total. The summed E-state index contributed by atoms with van der Waals surface area (Å²) in [5.74, 6) is -0.886. The molecule has 0 spiro atoms. The average molecular weight is 275 g/mol. The first-order chi connectivity index (χ1) is 9.56. The second-order valence-electron chi connectivity index (χ2n) is 5.87. The summed E-state index contributed by atoms with van der Waals surface area (Å²) in [6, 6.07) is 6.22. The van der Waals surface area contributed by atoms with Crippen LogP contribution in [0.4, 0.5) is 11.4 Å². The molecule has 2 aliphatic heterocycles. The number of carbonyl (C=O) groups is 1. The summed E-state index contributed by atoms with van der Waals surface area (Å²) in [6.45, 7) is 1.78. The van der Waals surface area contributed by atoms with Crippen molar-refractivity contribution in [1.82, 2.24) is 4.90 Å². The summed E-state index contributed by atoms with van der Waals surface area (Å²) in [4.78, 5) is 16.1. The number of anilines is 2. The van der Waals surface area contributed by atoms with E-state index in [1.165, 1.54) is 12.8 Å². The molecule has 2 saturated heterocycles. The molecule has 1 aromatic rings. The lowest BCUT2D eigenvalue weighted by Crippen LogP contribution is -2.37. The fourth-order valence-electron chi connectivity index (χ4n) is 3.52. The maximum atomic E-state index is 11.4. The van der Waals surface area contributed by atoms with E-state index in [4.69, 9.17) is 5.73 Å². The molecule has 108 valence electrons. The predicted octanol–water partition coefficient (Wildman–Crippen LogP) is 1.64. The van der Waals surface area contributed by atoms with Gasteiger partial charge in [-0.25, -0.2) is 4.79 Å². The Kier molecular flexibility index (Phi) is 3.30. The Morgan fingerprint density at radius 3 is 2.80 bits per heavy atom. The Morgan fingerprint density at radius 2 is 2.05 bits per heavy atom. The first-order valence-corrected chi connectivity index (χ1v) is 7.16. The average Bonchev–Trinajstić information content (AvgIpc) is 2.62. The molecule has 0 aliphatic carbocycles. The molecule has 2 fully saturated rings. The molecule has 0 saturated carbocycles. The third-order valence-electron chi connectivity index (χ3n) is 4.74. The lowest BCUT2D eigenvalue weighted by molar-refractivity contribution is 0.0697. The van der Waals surface area contributed by atoms with Gasteiger partial charge in [-0.3, -0.25) is 4.90 Å². The van der Waals surface area contributed by atoms with Gasteiger partial charge >= 0.3 is 5.97 Å². The molecule has 1 aromatic carbocycles. The first kappa shape index (κ1) is 13.2. The van der Waals surface area contributed by atoms with Gasteiger partial charge in [-0.15, -0.1) is 0 Å². The molecule has 3 rings (SSSR count). The summed E-state index contributed by atoms with van der Waals surface area (Å²) >= 11 is 0. The topological polar surface area (TPSA) is 69.8 Å². The number of carboxylic acids is 1. The molecule has 2 heterocycles. The van der Waals surface area contributed by atoms with E-state index in [-0.39, 0.29) is 0 Å². The molecule has 2 bridgehead atoms. The van der Waals surface area contributed by atoms with E-state index in [0.29, 0.717) is 23.3 Å². The van der Waals surface area contributed by atoms with E-state index in [1.54, 1.807) is 18.2 Å². The molecular weight excluding hydrogens is 254 g/mol. The molecule has 20 heavy (non-hydrogen) atoms. The highest BCUT2D eigenvalue weighted by atomic mass is 16.4. The monoisotopic (exact) mass is 275 g/mol. The van der Waals surface area contributed by atoms with Gasteiger partial charge in [0.2, 0.25) is 0 Å². The van der Waals surface area contributed by atoms with E-state index in [9.17, 15) is 9.90 Å². The zero-order valence-electron chi connectivity index (χ0n) is 11.7. The van der Waals surface area contributed by atoms with Gasteiger partial charge in [-0.2, -0.15) is 0 Å². The van der Waals surface area contributed by atoms with Gasteiger partial charge in [0.05, 0.1) is 11.3 Å². The van der Waals surface area contributed by atoms with E-state index in [1.807, 2.05) is 0 Å². The summed E-state index contributed by atoms with van der Waals surface area (Å²) in [5.41, 5.74) is 7.57. The number of benzene rings is 1. The number of rotatable bonds is 2. The maximum Gasteiger partial charge on any atom is 0.337 e. The van der Waals surface area contributed by atoms with Gasteiger partial charge in [0.15, 0.2) is 0 Å². The van der Waals surface area contributed by atoms with Crippen molar-refractivity contribution in [3.05, 3.63) is 23.8 Å². The molecule has 2 aliphatic rings. The Bertz CT molecular complexity index is 532. The summed E-state index contributed by atoms with van der Waals surface area (Å²) in [7, 11) is 2.18. The van der Waals surface area contributed by atoms with Crippen molar-refractivity contribution in [3.63, 3.8) is 0 Å². The van der Waals surface area contributed by atoms with Crippen LogP contribution in [0.2, 0.25) is 0 Å². The van der Waals surface area contributed by atoms with Gasteiger partial charge in [0.25, 0.3) is 0 Å². The standard InChI is InChI=1S/C15H21N3O2/c1-17-11-3-4-12(17)9-18(7-6-11)14-8-10(16)2-5-13(14)15(19)20/h2,5,8,11-12H,3-4,6-7,9,16H2,1H3,(H,19,20). The Morgan fingerprint density at radius 1 is 1.30 bits per heavy atom. The Labute approximate surface area is 119 Å². The number of fused-ring (bicyclic) bond motifs is 2. The number of likely N-dealkylation sites (N-methyl/N-ethyl adjacent to an activating group) is 1. The smallest absolute Gasteiger partial charge is 0.337 e. The van der Waals surface area contributed by atoms with Crippen LogP contribution in [0.3, 0.4) is 0 Å². The van der Waals surface area contributed by atoms with E-state index in [2.05, 4.69) is 16.8 Å². The molecule has 0 amide bonds. The van der Waals surface area contributed by atoms with E-state index in [0.717, 1.165) is 25.2 Å². The second-order valence-corrected chi connectivity index (χ2v) is 5.87.